The van der Waals surface area contributed by atoms with Crippen LogP contribution in [0.5, 0.6) is 0 Å². The Bertz CT molecular complexity index is 877. The van der Waals surface area contributed by atoms with Gasteiger partial charge in [-0.3, -0.25) is 9.39 Å². The summed E-state index contributed by atoms with van der Waals surface area (Å²) in [7, 11) is 1.77. The number of benzene rings is 1. The van der Waals surface area contributed by atoms with Gasteiger partial charge in [-0.2, -0.15) is 0 Å². The predicted octanol–water partition coefficient (Wildman–Crippen LogP) is 2.60. The molecular weight excluding hydrogens is 352 g/mol. The number of nitrogens with zero attached hydrogens (tertiary/aromatic N) is 4. The first-order valence-corrected chi connectivity index (χ1v) is 9.67. The molecule has 0 aliphatic carbocycles. The fourth-order valence-electron chi connectivity index (χ4n) is 2.93. The molecule has 2 aromatic heterocycles. The second-order valence-electron chi connectivity index (χ2n) is 6.50. The maximum Gasteiger partial charge on any atom is 0.190 e. The molecule has 0 saturated carbocycles. The van der Waals surface area contributed by atoms with Gasteiger partial charge in [-0.25, -0.2) is 0 Å². The number of hydrogen-bond donors (Lipinski definition) is 2. The van der Waals surface area contributed by atoms with Gasteiger partial charge >= 0.3 is 0 Å². The summed E-state index contributed by atoms with van der Waals surface area (Å²) in [6, 6.07) is 16.2. The number of aromatic nitrogens is 3. The van der Waals surface area contributed by atoms with Gasteiger partial charge in [0.2, 0.25) is 0 Å². The molecule has 3 aromatic rings. The predicted molar refractivity (Wildman–Crippen MR) is 111 cm³/mol. The summed E-state index contributed by atoms with van der Waals surface area (Å²) in [6.45, 7) is 4.31. The van der Waals surface area contributed by atoms with Crippen LogP contribution in [0, 0.1) is 0 Å². The average molecular weight is 380 g/mol. The smallest absolute Gasteiger partial charge is 0.190 e. The van der Waals surface area contributed by atoms with Crippen LogP contribution in [0.25, 0.3) is 5.65 Å². The second-order valence-corrected chi connectivity index (χ2v) is 6.50. The lowest BCUT2D eigenvalue weighted by Crippen LogP contribution is -2.39. The normalized spacial score (nSPS) is 12.9. The summed E-state index contributed by atoms with van der Waals surface area (Å²) >= 11 is 0. The summed E-state index contributed by atoms with van der Waals surface area (Å²) in [4.78, 5) is 4.26. The van der Waals surface area contributed by atoms with Crippen molar-refractivity contribution in [3.8, 4) is 0 Å². The summed E-state index contributed by atoms with van der Waals surface area (Å²) in [6.07, 6.45) is 3.77. The summed E-state index contributed by atoms with van der Waals surface area (Å²) in [5.41, 5.74) is 2.07. The number of nitrogens with one attached hydrogen (secondary N) is 2. The topological polar surface area (TPSA) is 75.8 Å². The van der Waals surface area contributed by atoms with E-state index in [0.29, 0.717) is 6.61 Å². The van der Waals surface area contributed by atoms with Crippen LogP contribution < -0.4 is 10.6 Å². The highest BCUT2D eigenvalue weighted by atomic mass is 16.5. The van der Waals surface area contributed by atoms with E-state index in [2.05, 4.69) is 44.9 Å². The lowest BCUT2D eigenvalue weighted by atomic mass is 10.1. The van der Waals surface area contributed by atoms with E-state index in [-0.39, 0.29) is 6.10 Å². The highest BCUT2D eigenvalue weighted by Crippen LogP contribution is 2.15. The third-order valence-corrected chi connectivity index (χ3v) is 4.50. The number of ether oxygens (including phenoxy) is 1. The van der Waals surface area contributed by atoms with E-state index in [1.54, 1.807) is 7.05 Å². The van der Waals surface area contributed by atoms with Crippen molar-refractivity contribution in [2.45, 2.75) is 25.9 Å². The van der Waals surface area contributed by atoms with Crippen molar-refractivity contribution in [3.05, 3.63) is 66.1 Å². The van der Waals surface area contributed by atoms with Crippen molar-refractivity contribution < 1.29 is 4.74 Å². The van der Waals surface area contributed by atoms with Gasteiger partial charge in [0, 0.05) is 39.4 Å². The molecule has 2 heterocycles. The number of guanidine groups is 1. The first-order chi connectivity index (χ1) is 13.8. The van der Waals surface area contributed by atoms with E-state index in [1.807, 2.05) is 47.0 Å². The minimum Gasteiger partial charge on any atom is -0.374 e. The van der Waals surface area contributed by atoms with Gasteiger partial charge in [0.1, 0.15) is 5.82 Å². The zero-order chi connectivity index (χ0) is 19.6. The number of hydrogen-bond acceptors (Lipinski definition) is 4. The lowest BCUT2D eigenvalue weighted by Gasteiger charge is -2.14. The molecule has 3 rings (SSSR count). The Kier molecular flexibility index (Phi) is 7.37. The monoisotopic (exact) mass is 380 g/mol. The minimum atomic E-state index is 0.108. The van der Waals surface area contributed by atoms with Crippen molar-refractivity contribution in [1.82, 2.24) is 25.2 Å². The summed E-state index contributed by atoms with van der Waals surface area (Å²) < 4.78 is 7.90. The van der Waals surface area contributed by atoms with Gasteiger partial charge in [0.05, 0.1) is 6.10 Å². The fourth-order valence-corrected chi connectivity index (χ4v) is 2.93. The Morgan fingerprint density at radius 2 is 1.86 bits per heavy atom. The van der Waals surface area contributed by atoms with Crippen LogP contribution >= 0.6 is 0 Å². The Balaban J connectivity index is 1.32. The molecule has 0 aliphatic rings. The highest BCUT2D eigenvalue weighted by molar-refractivity contribution is 5.79. The maximum absolute atomic E-state index is 5.90. The van der Waals surface area contributed by atoms with Crippen LogP contribution in [0.1, 0.15) is 30.8 Å². The van der Waals surface area contributed by atoms with E-state index >= 15 is 0 Å². The Morgan fingerprint density at radius 1 is 1.07 bits per heavy atom. The number of rotatable bonds is 9. The molecule has 1 unspecified atom stereocenters. The van der Waals surface area contributed by atoms with Gasteiger partial charge in [-0.05, 0) is 31.0 Å². The number of aliphatic imine (C=N–C) groups is 1. The van der Waals surface area contributed by atoms with Crippen molar-refractivity contribution in [2.24, 2.45) is 4.99 Å². The standard InChI is InChI=1S/C21H28N6O/c1-17(18-9-4-3-5-10-18)28-16-8-13-23-21(22-2)24-14-12-20-26-25-19-11-6-7-15-27(19)20/h3-7,9-11,15,17H,8,12-14,16H2,1-2H3,(H2,22,23,24). The molecule has 1 aromatic carbocycles. The average Bonchev–Trinajstić information content (AvgIpc) is 3.16. The minimum absolute atomic E-state index is 0.108. The molecule has 7 heteroatoms. The Hall–Kier alpha value is -2.93. The van der Waals surface area contributed by atoms with E-state index in [1.165, 1.54) is 5.56 Å². The van der Waals surface area contributed by atoms with Crippen LogP contribution in [-0.4, -0.2) is 47.3 Å². The molecule has 1 atom stereocenters. The van der Waals surface area contributed by atoms with Gasteiger partial charge in [0.25, 0.3) is 0 Å². The van der Waals surface area contributed by atoms with Gasteiger partial charge in [-0.1, -0.05) is 36.4 Å². The number of fused-ring (bicyclic) bond motifs is 1. The lowest BCUT2D eigenvalue weighted by molar-refractivity contribution is 0.0646. The molecule has 0 saturated heterocycles. The second kappa shape index (κ2) is 10.4. The zero-order valence-electron chi connectivity index (χ0n) is 16.5. The molecule has 7 nitrogen and oxygen atoms in total. The molecular formula is C21H28N6O. The molecule has 148 valence electrons. The van der Waals surface area contributed by atoms with Crippen molar-refractivity contribution in [3.63, 3.8) is 0 Å². The van der Waals surface area contributed by atoms with Gasteiger partial charge < -0.3 is 15.4 Å². The molecule has 0 radical (unpaired) electrons. The van der Waals surface area contributed by atoms with E-state index in [4.69, 9.17) is 4.74 Å². The summed E-state index contributed by atoms with van der Waals surface area (Å²) in [5, 5.41) is 15.0. The quantitative estimate of drug-likeness (QED) is 0.339. The van der Waals surface area contributed by atoms with Crippen LogP contribution in [-0.2, 0) is 11.2 Å². The highest BCUT2D eigenvalue weighted by Gasteiger charge is 2.06. The molecule has 0 bridgehead atoms. The van der Waals surface area contributed by atoms with Gasteiger partial charge in [-0.15, -0.1) is 10.2 Å². The third-order valence-electron chi connectivity index (χ3n) is 4.50. The first kappa shape index (κ1) is 19.8. The SMILES string of the molecule is CN=C(NCCCOC(C)c1ccccc1)NCCc1nnc2ccccn12. The van der Waals surface area contributed by atoms with Crippen LogP contribution in [0.2, 0.25) is 0 Å². The molecule has 0 spiro atoms. The van der Waals surface area contributed by atoms with E-state index in [9.17, 15) is 0 Å². The molecule has 2 N–H and O–H groups in total. The first-order valence-electron chi connectivity index (χ1n) is 9.67. The molecule has 0 aliphatic heterocycles. The van der Waals surface area contributed by atoms with E-state index < -0.39 is 0 Å². The fraction of sp³-hybridized carbons (Fsp3) is 0.381. The molecule has 0 amide bonds. The maximum atomic E-state index is 5.90. The van der Waals surface area contributed by atoms with Crippen molar-refractivity contribution in [2.75, 3.05) is 26.7 Å². The number of pyridine rings is 1. The Morgan fingerprint density at radius 3 is 2.68 bits per heavy atom. The third kappa shape index (κ3) is 5.53. The molecule has 28 heavy (non-hydrogen) atoms. The Labute approximate surface area is 165 Å². The largest absolute Gasteiger partial charge is 0.374 e. The van der Waals surface area contributed by atoms with Crippen LogP contribution in [0.4, 0.5) is 0 Å². The van der Waals surface area contributed by atoms with E-state index in [0.717, 1.165) is 43.4 Å². The van der Waals surface area contributed by atoms with Crippen LogP contribution in [0.3, 0.4) is 0 Å². The zero-order valence-corrected chi connectivity index (χ0v) is 16.5. The van der Waals surface area contributed by atoms with Crippen molar-refractivity contribution >= 4 is 11.6 Å². The summed E-state index contributed by atoms with van der Waals surface area (Å²) in [5.74, 6) is 1.71. The molecule has 0 fully saturated rings. The van der Waals surface area contributed by atoms with Crippen molar-refractivity contribution in [1.29, 1.82) is 0 Å². The van der Waals surface area contributed by atoms with Gasteiger partial charge in [0.15, 0.2) is 11.6 Å². The van der Waals surface area contributed by atoms with Crippen LogP contribution in [0.15, 0.2) is 59.7 Å².